The maximum absolute atomic E-state index is 5.54. The highest BCUT2D eigenvalue weighted by Gasteiger charge is 2.14. The van der Waals surface area contributed by atoms with E-state index in [1.165, 1.54) is 5.56 Å². The largest absolute Gasteiger partial charge is 0.371 e. The first-order valence-electron chi connectivity index (χ1n) is 6.36. The van der Waals surface area contributed by atoms with Gasteiger partial charge in [0, 0.05) is 24.4 Å². The van der Waals surface area contributed by atoms with E-state index >= 15 is 0 Å². The Labute approximate surface area is 104 Å². The quantitative estimate of drug-likeness (QED) is 0.826. The highest BCUT2D eigenvalue weighted by atomic mass is 16.5. The zero-order valence-electron chi connectivity index (χ0n) is 11.5. The molecular formula is C13H23N3O. The Morgan fingerprint density at radius 2 is 1.94 bits per heavy atom. The van der Waals surface area contributed by atoms with E-state index in [9.17, 15) is 0 Å². The van der Waals surface area contributed by atoms with Crippen LogP contribution in [0.2, 0.25) is 0 Å². The normalized spacial score (nSPS) is 12.5. The van der Waals surface area contributed by atoms with Gasteiger partial charge in [0.1, 0.15) is 11.9 Å². The Hall–Kier alpha value is -1.16. The van der Waals surface area contributed by atoms with Gasteiger partial charge in [0.15, 0.2) is 5.82 Å². The van der Waals surface area contributed by atoms with Crippen molar-refractivity contribution in [3.8, 4) is 0 Å². The summed E-state index contributed by atoms with van der Waals surface area (Å²) in [7, 11) is 0. The van der Waals surface area contributed by atoms with Crippen molar-refractivity contribution in [3.63, 3.8) is 0 Å². The second-order valence-electron chi connectivity index (χ2n) is 3.98. The first-order valence-corrected chi connectivity index (χ1v) is 6.36. The topological polar surface area (TPSA) is 47.0 Å². The number of hydrogen-bond acceptors (Lipinski definition) is 4. The number of aromatic nitrogens is 2. The van der Waals surface area contributed by atoms with E-state index in [0.29, 0.717) is 6.61 Å². The van der Waals surface area contributed by atoms with Crippen LogP contribution in [-0.4, -0.2) is 23.1 Å². The number of nitrogens with one attached hydrogen (secondary N) is 1. The molecule has 0 fully saturated rings. The lowest BCUT2D eigenvalue weighted by Crippen LogP contribution is -2.12. The lowest BCUT2D eigenvalue weighted by atomic mass is 10.1. The summed E-state index contributed by atoms with van der Waals surface area (Å²) < 4.78 is 5.54. The summed E-state index contributed by atoms with van der Waals surface area (Å²) in [5.41, 5.74) is 2.24. The van der Waals surface area contributed by atoms with Gasteiger partial charge in [-0.15, -0.1) is 0 Å². The number of anilines is 1. The molecule has 1 aromatic rings. The van der Waals surface area contributed by atoms with Crippen molar-refractivity contribution in [2.75, 3.05) is 18.5 Å². The van der Waals surface area contributed by atoms with Crippen molar-refractivity contribution >= 4 is 5.82 Å². The minimum Gasteiger partial charge on any atom is -0.371 e. The molecule has 0 spiro atoms. The van der Waals surface area contributed by atoms with Gasteiger partial charge in [-0.2, -0.15) is 0 Å². The van der Waals surface area contributed by atoms with Crippen LogP contribution < -0.4 is 5.32 Å². The lowest BCUT2D eigenvalue weighted by molar-refractivity contribution is 0.0700. The SMILES string of the molecule is CCNc1nc(C(C)OCC)nc(C)c1CC. The van der Waals surface area contributed by atoms with Crippen molar-refractivity contribution in [1.29, 1.82) is 0 Å². The molecule has 0 radical (unpaired) electrons. The monoisotopic (exact) mass is 237 g/mol. The van der Waals surface area contributed by atoms with Gasteiger partial charge in [-0.1, -0.05) is 6.92 Å². The van der Waals surface area contributed by atoms with Gasteiger partial charge in [0.25, 0.3) is 0 Å². The molecule has 4 nitrogen and oxygen atoms in total. The van der Waals surface area contributed by atoms with Crippen LogP contribution in [0.4, 0.5) is 5.82 Å². The maximum atomic E-state index is 5.54. The zero-order valence-corrected chi connectivity index (χ0v) is 11.5. The molecule has 0 aliphatic carbocycles. The predicted molar refractivity (Wildman–Crippen MR) is 70.4 cm³/mol. The molecule has 0 bridgehead atoms. The summed E-state index contributed by atoms with van der Waals surface area (Å²) in [6.07, 6.45) is 0.888. The molecule has 1 aromatic heterocycles. The van der Waals surface area contributed by atoms with E-state index in [2.05, 4.69) is 29.1 Å². The maximum Gasteiger partial charge on any atom is 0.159 e. The lowest BCUT2D eigenvalue weighted by Gasteiger charge is -2.16. The summed E-state index contributed by atoms with van der Waals surface area (Å²) in [5.74, 6) is 1.71. The van der Waals surface area contributed by atoms with Gasteiger partial charge in [0.05, 0.1) is 0 Å². The van der Waals surface area contributed by atoms with E-state index in [4.69, 9.17) is 4.74 Å². The van der Waals surface area contributed by atoms with Crippen molar-refractivity contribution in [1.82, 2.24) is 9.97 Å². The number of ether oxygens (including phenoxy) is 1. The van der Waals surface area contributed by atoms with E-state index in [1.54, 1.807) is 0 Å². The van der Waals surface area contributed by atoms with Crippen molar-refractivity contribution < 1.29 is 4.74 Å². The van der Waals surface area contributed by atoms with Gasteiger partial charge in [0.2, 0.25) is 0 Å². The van der Waals surface area contributed by atoms with E-state index in [0.717, 1.165) is 30.3 Å². The molecule has 1 atom stereocenters. The number of nitrogens with zero attached hydrogens (tertiary/aromatic N) is 2. The van der Waals surface area contributed by atoms with Crippen LogP contribution in [0.3, 0.4) is 0 Å². The fourth-order valence-corrected chi connectivity index (χ4v) is 1.86. The second-order valence-corrected chi connectivity index (χ2v) is 3.98. The molecule has 1 N–H and O–H groups in total. The standard InChI is InChI=1S/C13H23N3O/c1-6-11-9(4)15-12(10(5)17-8-3)16-13(11)14-7-2/h10H,6-8H2,1-5H3,(H,14,15,16). The van der Waals surface area contributed by atoms with E-state index in [1.807, 2.05) is 20.8 Å². The number of rotatable bonds is 6. The van der Waals surface area contributed by atoms with Gasteiger partial charge in [-0.3, -0.25) is 0 Å². The third kappa shape index (κ3) is 3.40. The minimum atomic E-state index is -0.0537. The molecule has 0 aliphatic heterocycles. The Balaban J connectivity index is 3.09. The molecule has 0 aliphatic rings. The minimum absolute atomic E-state index is 0.0537. The van der Waals surface area contributed by atoms with Crippen LogP contribution in [0.25, 0.3) is 0 Å². The molecule has 1 rings (SSSR count). The van der Waals surface area contributed by atoms with Crippen LogP contribution in [0.1, 0.15) is 50.9 Å². The van der Waals surface area contributed by atoms with Crippen molar-refractivity contribution in [2.24, 2.45) is 0 Å². The molecular weight excluding hydrogens is 214 g/mol. The van der Waals surface area contributed by atoms with Gasteiger partial charge >= 0.3 is 0 Å². The summed E-state index contributed by atoms with van der Waals surface area (Å²) in [6.45, 7) is 11.7. The first kappa shape index (κ1) is 13.9. The molecule has 0 aromatic carbocycles. The van der Waals surface area contributed by atoms with Crippen LogP contribution in [0, 0.1) is 6.92 Å². The Morgan fingerprint density at radius 3 is 2.47 bits per heavy atom. The number of hydrogen-bond donors (Lipinski definition) is 1. The Morgan fingerprint density at radius 1 is 1.24 bits per heavy atom. The van der Waals surface area contributed by atoms with Crippen molar-refractivity contribution in [3.05, 3.63) is 17.1 Å². The smallest absolute Gasteiger partial charge is 0.159 e. The second kappa shape index (κ2) is 6.55. The Bertz CT molecular complexity index is 366. The summed E-state index contributed by atoms with van der Waals surface area (Å²) in [5, 5.41) is 3.30. The fraction of sp³-hybridized carbons (Fsp3) is 0.692. The molecule has 0 amide bonds. The third-order valence-electron chi connectivity index (χ3n) is 2.71. The summed E-state index contributed by atoms with van der Waals surface area (Å²) in [4.78, 5) is 9.09. The average molecular weight is 237 g/mol. The molecule has 1 heterocycles. The molecule has 4 heteroatoms. The Kier molecular flexibility index (Phi) is 5.35. The van der Waals surface area contributed by atoms with Crippen LogP contribution >= 0.6 is 0 Å². The molecule has 96 valence electrons. The third-order valence-corrected chi connectivity index (χ3v) is 2.71. The average Bonchev–Trinajstić information content (AvgIpc) is 2.29. The summed E-state index contributed by atoms with van der Waals surface area (Å²) >= 11 is 0. The van der Waals surface area contributed by atoms with Gasteiger partial charge in [-0.25, -0.2) is 9.97 Å². The molecule has 1 unspecified atom stereocenters. The predicted octanol–water partition coefficient (Wildman–Crippen LogP) is 2.88. The molecule has 0 saturated carbocycles. The van der Waals surface area contributed by atoms with Gasteiger partial charge < -0.3 is 10.1 Å². The molecule has 17 heavy (non-hydrogen) atoms. The summed E-state index contributed by atoms with van der Waals surface area (Å²) in [6, 6.07) is 0. The number of aryl methyl sites for hydroxylation is 1. The zero-order chi connectivity index (χ0) is 12.8. The highest BCUT2D eigenvalue weighted by molar-refractivity contribution is 5.46. The van der Waals surface area contributed by atoms with E-state index in [-0.39, 0.29) is 6.10 Å². The highest BCUT2D eigenvalue weighted by Crippen LogP contribution is 2.21. The fourth-order valence-electron chi connectivity index (χ4n) is 1.86. The van der Waals surface area contributed by atoms with Crippen molar-refractivity contribution in [2.45, 2.75) is 47.1 Å². The first-order chi connectivity index (χ1) is 8.13. The van der Waals surface area contributed by atoms with Gasteiger partial charge in [-0.05, 0) is 34.1 Å². The molecule has 0 saturated heterocycles. The van der Waals surface area contributed by atoms with Crippen LogP contribution in [-0.2, 0) is 11.2 Å². The van der Waals surface area contributed by atoms with E-state index < -0.39 is 0 Å². The van der Waals surface area contributed by atoms with Crippen LogP contribution in [0.15, 0.2) is 0 Å². The van der Waals surface area contributed by atoms with Crippen LogP contribution in [0.5, 0.6) is 0 Å².